The van der Waals surface area contributed by atoms with Gasteiger partial charge in [-0.05, 0) is 19.9 Å². The van der Waals surface area contributed by atoms with E-state index in [0.29, 0.717) is 5.56 Å². The zero-order chi connectivity index (χ0) is 13.3. The monoisotopic (exact) mass is 245 g/mol. The molecule has 5 heteroatoms. The molecule has 0 saturated heterocycles. The third-order valence-electron chi connectivity index (χ3n) is 3.18. The fraction of sp³-hybridized carbons (Fsp3) is 0.308. The highest BCUT2D eigenvalue weighted by atomic mass is 16.1. The summed E-state index contributed by atoms with van der Waals surface area (Å²) in [5.41, 5.74) is 2.37. The molecule has 0 aromatic carbocycles. The lowest BCUT2D eigenvalue weighted by Crippen LogP contribution is -2.23. The molecule has 0 saturated carbocycles. The van der Waals surface area contributed by atoms with E-state index in [1.54, 1.807) is 0 Å². The Morgan fingerprint density at radius 1 is 1.39 bits per heavy atom. The van der Waals surface area contributed by atoms with Gasteiger partial charge in [-0.15, -0.1) is 0 Å². The third-order valence-corrected chi connectivity index (χ3v) is 3.18. The molecule has 0 bridgehead atoms. The van der Waals surface area contributed by atoms with Crippen molar-refractivity contribution in [3.05, 3.63) is 52.0 Å². The van der Waals surface area contributed by atoms with E-state index in [-0.39, 0.29) is 17.9 Å². The van der Waals surface area contributed by atoms with Crippen LogP contribution in [0.1, 0.15) is 21.7 Å². The van der Waals surface area contributed by atoms with Crippen molar-refractivity contribution >= 4 is 5.78 Å². The molecule has 0 unspecified atom stereocenters. The molecule has 2 aromatic rings. The molecule has 0 N–H and O–H groups in total. The molecule has 5 nitrogen and oxygen atoms in total. The first-order valence-corrected chi connectivity index (χ1v) is 5.67. The van der Waals surface area contributed by atoms with Gasteiger partial charge in [-0.3, -0.25) is 14.2 Å². The molecule has 0 aliphatic rings. The van der Waals surface area contributed by atoms with E-state index in [4.69, 9.17) is 0 Å². The Morgan fingerprint density at radius 2 is 2.11 bits per heavy atom. The van der Waals surface area contributed by atoms with Gasteiger partial charge in [-0.2, -0.15) is 0 Å². The Morgan fingerprint density at radius 3 is 2.67 bits per heavy atom. The summed E-state index contributed by atoms with van der Waals surface area (Å²) in [6.07, 6.45) is 2.80. The summed E-state index contributed by atoms with van der Waals surface area (Å²) >= 11 is 0. The molecule has 0 radical (unpaired) electrons. The molecule has 0 aliphatic carbocycles. The number of rotatable bonds is 3. The van der Waals surface area contributed by atoms with Gasteiger partial charge >= 0.3 is 0 Å². The average Bonchev–Trinajstić information content (AvgIpc) is 2.60. The molecule has 2 heterocycles. The molecular formula is C13H15N3O2. The van der Waals surface area contributed by atoms with Crippen molar-refractivity contribution < 1.29 is 4.79 Å². The molecule has 2 rings (SSSR count). The summed E-state index contributed by atoms with van der Waals surface area (Å²) in [5.74, 6) is -0.0775. The van der Waals surface area contributed by atoms with Gasteiger partial charge in [-0.1, -0.05) is 0 Å². The van der Waals surface area contributed by atoms with Gasteiger partial charge in [0.1, 0.15) is 0 Å². The lowest BCUT2D eigenvalue weighted by Gasteiger charge is -2.04. The highest BCUT2D eigenvalue weighted by molar-refractivity contribution is 5.97. The van der Waals surface area contributed by atoms with E-state index < -0.39 is 0 Å². The minimum absolute atomic E-state index is 0.0248. The van der Waals surface area contributed by atoms with E-state index >= 15 is 0 Å². The quantitative estimate of drug-likeness (QED) is 0.760. The highest BCUT2D eigenvalue weighted by Crippen LogP contribution is 2.14. The van der Waals surface area contributed by atoms with Crippen molar-refractivity contribution in [3.63, 3.8) is 0 Å². The van der Waals surface area contributed by atoms with Gasteiger partial charge in [-0.25, -0.2) is 4.98 Å². The fourth-order valence-electron chi connectivity index (χ4n) is 1.87. The van der Waals surface area contributed by atoms with E-state index in [2.05, 4.69) is 4.98 Å². The van der Waals surface area contributed by atoms with Crippen LogP contribution in [0.4, 0.5) is 0 Å². The van der Waals surface area contributed by atoms with Crippen LogP contribution in [0.3, 0.4) is 0 Å². The second-order valence-corrected chi connectivity index (χ2v) is 4.31. The first kappa shape index (κ1) is 12.3. The van der Waals surface area contributed by atoms with Crippen molar-refractivity contribution in [1.29, 1.82) is 0 Å². The van der Waals surface area contributed by atoms with Crippen LogP contribution in [0, 0.1) is 13.8 Å². The number of nitrogens with zero attached hydrogens (tertiary/aromatic N) is 3. The highest BCUT2D eigenvalue weighted by Gasteiger charge is 2.14. The standard InChI is InChI=1S/C13H15N3O2/c1-9-6-11(10(2)15(9)3)12(17)7-16-8-14-5-4-13(16)18/h4-6,8H,7H2,1-3H3. The zero-order valence-electron chi connectivity index (χ0n) is 10.7. The summed E-state index contributed by atoms with van der Waals surface area (Å²) in [6, 6.07) is 3.19. The van der Waals surface area contributed by atoms with Crippen LogP contribution in [-0.4, -0.2) is 19.9 Å². The normalized spacial score (nSPS) is 10.6. The Balaban J connectivity index is 2.31. The minimum atomic E-state index is -0.219. The predicted molar refractivity (Wildman–Crippen MR) is 67.7 cm³/mol. The van der Waals surface area contributed by atoms with Crippen molar-refractivity contribution in [2.45, 2.75) is 20.4 Å². The lowest BCUT2D eigenvalue weighted by atomic mass is 10.1. The van der Waals surface area contributed by atoms with Crippen molar-refractivity contribution in [2.75, 3.05) is 0 Å². The van der Waals surface area contributed by atoms with Crippen molar-refractivity contribution in [3.8, 4) is 0 Å². The molecule has 2 aromatic heterocycles. The topological polar surface area (TPSA) is 56.9 Å². The Bertz CT molecular complexity index is 652. The van der Waals surface area contributed by atoms with Gasteiger partial charge < -0.3 is 4.57 Å². The van der Waals surface area contributed by atoms with E-state index in [1.807, 2.05) is 31.5 Å². The number of hydrogen-bond acceptors (Lipinski definition) is 3. The van der Waals surface area contributed by atoms with Crippen molar-refractivity contribution in [2.24, 2.45) is 7.05 Å². The number of carbonyl (C=O) groups excluding carboxylic acids is 1. The maximum absolute atomic E-state index is 12.2. The second kappa shape index (κ2) is 4.60. The smallest absolute Gasteiger partial charge is 0.253 e. The van der Waals surface area contributed by atoms with Crippen LogP contribution in [0.15, 0.2) is 29.5 Å². The van der Waals surface area contributed by atoms with Gasteiger partial charge in [0.2, 0.25) is 0 Å². The van der Waals surface area contributed by atoms with Crippen molar-refractivity contribution in [1.82, 2.24) is 14.1 Å². The Labute approximate surface area is 105 Å². The van der Waals surface area contributed by atoms with E-state index in [1.165, 1.54) is 23.2 Å². The van der Waals surface area contributed by atoms with Crippen LogP contribution < -0.4 is 5.56 Å². The van der Waals surface area contributed by atoms with Crippen LogP contribution in [0.5, 0.6) is 0 Å². The van der Waals surface area contributed by atoms with Crippen LogP contribution in [0.25, 0.3) is 0 Å². The van der Waals surface area contributed by atoms with Gasteiger partial charge in [0, 0.05) is 36.3 Å². The predicted octanol–water partition coefficient (Wildman–Crippen LogP) is 1.08. The summed E-state index contributed by atoms with van der Waals surface area (Å²) < 4.78 is 3.27. The number of carbonyl (C=O) groups is 1. The molecular weight excluding hydrogens is 230 g/mol. The van der Waals surface area contributed by atoms with Gasteiger partial charge in [0.25, 0.3) is 5.56 Å². The second-order valence-electron chi connectivity index (χ2n) is 4.31. The number of aromatic nitrogens is 3. The third kappa shape index (κ3) is 2.11. The number of aryl methyl sites for hydroxylation is 1. The molecule has 0 amide bonds. The zero-order valence-corrected chi connectivity index (χ0v) is 10.7. The minimum Gasteiger partial charge on any atom is -0.351 e. The maximum atomic E-state index is 12.2. The molecule has 0 fully saturated rings. The van der Waals surface area contributed by atoms with E-state index in [9.17, 15) is 9.59 Å². The van der Waals surface area contributed by atoms with Gasteiger partial charge in [0.05, 0.1) is 12.9 Å². The largest absolute Gasteiger partial charge is 0.351 e. The Hall–Kier alpha value is -2.17. The van der Waals surface area contributed by atoms with Gasteiger partial charge in [0.15, 0.2) is 5.78 Å². The van der Waals surface area contributed by atoms with Crippen LogP contribution in [-0.2, 0) is 13.6 Å². The molecule has 0 spiro atoms. The van der Waals surface area contributed by atoms with E-state index in [0.717, 1.165) is 11.4 Å². The summed E-state index contributed by atoms with van der Waals surface area (Å²) in [7, 11) is 1.91. The molecule has 18 heavy (non-hydrogen) atoms. The first-order valence-electron chi connectivity index (χ1n) is 5.67. The molecule has 94 valence electrons. The SMILES string of the molecule is Cc1cc(C(=O)Cn2cnccc2=O)c(C)n1C. The maximum Gasteiger partial charge on any atom is 0.253 e. The molecule has 0 aliphatic heterocycles. The lowest BCUT2D eigenvalue weighted by molar-refractivity contribution is 0.0969. The summed E-state index contributed by atoms with van der Waals surface area (Å²) in [5, 5.41) is 0. The summed E-state index contributed by atoms with van der Waals surface area (Å²) in [6.45, 7) is 3.86. The number of ketones is 1. The molecule has 0 atom stereocenters. The summed E-state index contributed by atoms with van der Waals surface area (Å²) in [4.78, 5) is 27.5. The fourth-order valence-corrected chi connectivity index (χ4v) is 1.87. The first-order chi connectivity index (χ1) is 8.50. The average molecular weight is 245 g/mol. The number of hydrogen-bond donors (Lipinski definition) is 0. The van der Waals surface area contributed by atoms with Crippen LogP contribution in [0.2, 0.25) is 0 Å². The number of Topliss-reactive ketones (excluding diaryl/α,β-unsaturated/α-hetero) is 1. The Kier molecular flexibility index (Phi) is 3.14. The van der Waals surface area contributed by atoms with Crippen LogP contribution >= 0.6 is 0 Å².